The van der Waals surface area contributed by atoms with Crippen molar-refractivity contribution in [3.63, 3.8) is 0 Å². The second kappa shape index (κ2) is 6.89. The number of rotatable bonds is 6. The Bertz CT molecular complexity index is 445. The Morgan fingerprint density at radius 2 is 1.83 bits per heavy atom. The fourth-order valence-corrected chi connectivity index (χ4v) is 1.85. The monoisotopic (exact) mass is 242 g/mol. The Morgan fingerprint density at radius 3 is 2.50 bits per heavy atom. The summed E-state index contributed by atoms with van der Waals surface area (Å²) in [6, 6.07) is 16.1. The van der Waals surface area contributed by atoms with Gasteiger partial charge in [0.2, 0.25) is 0 Å². The highest BCUT2D eigenvalue weighted by Crippen LogP contribution is 2.03. The lowest BCUT2D eigenvalue weighted by atomic mass is 10.1. The van der Waals surface area contributed by atoms with E-state index in [1.807, 2.05) is 36.4 Å². The number of hydrogen-bond acceptors (Lipinski definition) is 3. The van der Waals surface area contributed by atoms with Crippen LogP contribution < -0.4 is 5.32 Å². The Morgan fingerprint density at radius 1 is 1.06 bits per heavy atom. The number of nitrogens with zero attached hydrogens (tertiary/aromatic N) is 1. The van der Waals surface area contributed by atoms with E-state index in [1.165, 1.54) is 5.56 Å². The molecule has 3 heteroatoms. The highest BCUT2D eigenvalue weighted by atomic mass is 16.3. The average molecular weight is 242 g/mol. The normalized spacial score (nSPS) is 12.3. The SMILES string of the molecule is OC[C@@H](Cc1ccccc1)NCc1ccccn1. The van der Waals surface area contributed by atoms with Gasteiger partial charge in [0, 0.05) is 18.8 Å². The first kappa shape index (κ1) is 12.7. The molecule has 0 radical (unpaired) electrons. The maximum Gasteiger partial charge on any atom is 0.0588 e. The first-order chi connectivity index (χ1) is 8.88. The van der Waals surface area contributed by atoms with Crippen LogP contribution in [0.25, 0.3) is 0 Å². The molecule has 0 fully saturated rings. The smallest absolute Gasteiger partial charge is 0.0588 e. The maximum atomic E-state index is 9.38. The van der Waals surface area contributed by atoms with Crippen LogP contribution in [0, 0.1) is 0 Å². The molecule has 0 saturated carbocycles. The Hall–Kier alpha value is -1.71. The zero-order chi connectivity index (χ0) is 12.6. The van der Waals surface area contributed by atoms with Crippen molar-refractivity contribution in [2.24, 2.45) is 0 Å². The van der Waals surface area contributed by atoms with Gasteiger partial charge in [0.15, 0.2) is 0 Å². The van der Waals surface area contributed by atoms with Crippen molar-refractivity contribution in [3.8, 4) is 0 Å². The molecule has 1 aromatic carbocycles. The molecular formula is C15H18N2O. The van der Waals surface area contributed by atoms with Gasteiger partial charge in [-0.2, -0.15) is 0 Å². The molecule has 0 bridgehead atoms. The average Bonchev–Trinajstić information content (AvgIpc) is 2.45. The van der Waals surface area contributed by atoms with E-state index in [1.54, 1.807) is 6.20 Å². The van der Waals surface area contributed by atoms with Gasteiger partial charge in [-0.05, 0) is 24.1 Å². The lowest BCUT2D eigenvalue weighted by Crippen LogP contribution is -2.34. The van der Waals surface area contributed by atoms with Crippen molar-refractivity contribution in [1.29, 1.82) is 0 Å². The molecule has 1 atom stereocenters. The molecule has 1 heterocycles. The highest BCUT2D eigenvalue weighted by molar-refractivity contribution is 5.16. The van der Waals surface area contributed by atoms with Crippen LogP contribution in [0.2, 0.25) is 0 Å². The third-order valence-electron chi connectivity index (χ3n) is 2.84. The summed E-state index contributed by atoms with van der Waals surface area (Å²) >= 11 is 0. The third-order valence-corrected chi connectivity index (χ3v) is 2.84. The summed E-state index contributed by atoms with van der Waals surface area (Å²) in [5, 5.41) is 12.7. The maximum absolute atomic E-state index is 9.38. The number of aliphatic hydroxyl groups is 1. The summed E-state index contributed by atoms with van der Waals surface area (Å²) in [4.78, 5) is 4.25. The minimum absolute atomic E-state index is 0.0643. The van der Waals surface area contributed by atoms with Crippen LogP contribution in [-0.4, -0.2) is 22.7 Å². The van der Waals surface area contributed by atoms with Gasteiger partial charge < -0.3 is 10.4 Å². The lowest BCUT2D eigenvalue weighted by Gasteiger charge is -2.16. The molecule has 0 saturated heterocycles. The molecule has 0 aliphatic rings. The minimum atomic E-state index is 0.0643. The van der Waals surface area contributed by atoms with Crippen molar-refractivity contribution >= 4 is 0 Å². The van der Waals surface area contributed by atoms with E-state index in [9.17, 15) is 5.11 Å². The first-order valence-electron chi connectivity index (χ1n) is 6.16. The molecule has 2 N–H and O–H groups in total. The number of aliphatic hydroxyl groups excluding tert-OH is 1. The summed E-state index contributed by atoms with van der Waals surface area (Å²) in [6.07, 6.45) is 2.60. The summed E-state index contributed by atoms with van der Waals surface area (Å²) in [5.41, 5.74) is 2.22. The van der Waals surface area contributed by atoms with Gasteiger partial charge in [-0.1, -0.05) is 36.4 Å². The molecule has 0 unspecified atom stereocenters. The van der Waals surface area contributed by atoms with Gasteiger partial charge in [0.05, 0.1) is 12.3 Å². The molecular weight excluding hydrogens is 224 g/mol. The predicted molar refractivity (Wildman–Crippen MR) is 72.1 cm³/mol. The van der Waals surface area contributed by atoms with Crippen molar-refractivity contribution < 1.29 is 5.11 Å². The number of hydrogen-bond donors (Lipinski definition) is 2. The lowest BCUT2D eigenvalue weighted by molar-refractivity contribution is 0.240. The van der Waals surface area contributed by atoms with Crippen LogP contribution in [0.5, 0.6) is 0 Å². The Labute approximate surface area is 108 Å². The van der Waals surface area contributed by atoms with Crippen molar-refractivity contribution in [3.05, 3.63) is 66.0 Å². The molecule has 2 aromatic rings. The first-order valence-corrected chi connectivity index (χ1v) is 6.16. The molecule has 0 aliphatic heterocycles. The number of aromatic nitrogens is 1. The zero-order valence-corrected chi connectivity index (χ0v) is 10.3. The number of nitrogens with one attached hydrogen (secondary N) is 1. The van der Waals surface area contributed by atoms with E-state index in [-0.39, 0.29) is 12.6 Å². The van der Waals surface area contributed by atoms with E-state index >= 15 is 0 Å². The summed E-state index contributed by atoms with van der Waals surface area (Å²) < 4.78 is 0. The van der Waals surface area contributed by atoms with E-state index in [4.69, 9.17) is 0 Å². The molecule has 0 spiro atoms. The van der Waals surface area contributed by atoms with Gasteiger partial charge in [-0.25, -0.2) is 0 Å². The van der Waals surface area contributed by atoms with Crippen molar-refractivity contribution in [2.45, 2.75) is 19.0 Å². The molecule has 1 aromatic heterocycles. The van der Waals surface area contributed by atoms with Gasteiger partial charge in [-0.3, -0.25) is 4.98 Å². The third kappa shape index (κ3) is 3.95. The summed E-state index contributed by atoms with van der Waals surface area (Å²) in [6.45, 7) is 0.806. The number of pyridine rings is 1. The molecule has 0 aliphatic carbocycles. The molecule has 18 heavy (non-hydrogen) atoms. The van der Waals surface area contributed by atoms with Crippen LogP contribution in [0.1, 0.15) is 11.3 Å². The molecule has 0 amide bonds. The van der Waals surface area contributed by atoms with E-state index in [0.29, 0.717) is 6.54 Å². The van der Waals surface area contributed by atoms with Gasteiger partial charge in [0.1, 0.15) is 0 Å². The van der Waals surface area contributed by atoms with Gasteiger partial charge >= 0.3 is 0 Å². The van der Waals surface area contributed by atoms with Crippen LogP contribution in [0.3, 0.4) is 0 Å². The second-order valence-corrected chi connectivity index (χ2v) is 4.27. The standard InChI is InChI=1S/C15H18N2O/c18-12-15(10-13-6-2-1-3-7-13)17-11-14-8-4-5-9-16-14/h1-9,15,17-18H,10-12H2/t15-/m1/s1. The van der Waals surface area contributed by atoms with Crippen LogP contribution in [0.15, 0.2) is 54.7 Å². The molecule has 3 nitrogen and oxygen atoms in total. The van der Waals surface area contributed by atoms with Crippen LogP contribution >= 0.6 is 0 Å². The number of benzene rings is 1. The topological polar surface area (TPSA) is 45.1 Å². The minimum Gasteiger partial charge on any atom is -0.395 e. The quantitative estimate of drug-likeness (QED) is 0.811. The fourth-order valence-electron chi connectivity index (χ4n) is 1.85. The van der Waals surface area contributed by atoms with Gasteiger partial charge in [-0.15, -0.1) is 0 Å². The summed E-state index contributed by atoms with van der Waals surface area (Å²) in [5.74, 6) is 0. The van der Waals surface area contributed by atoms with Crippen molar-refractivity contribution in [1.82, 2.24) is 10.3 Å². The Balaban J connectivity index is 1.86. The highest BCUT2D eigenvalue weighted by Gasteiger charge is 2.07. The largest absolute Gasteiger partial charge is 0.395 e. The fraction of sp³-hybridized carbons (Fsp3) is 0.267. The summed E-state index contributed by atoms with van der Waals surface area (Å²) in [7, 11) is 0. The van der Waals surface area contributed by atoms with E-state index in [0.717, 1.165) is 12.1 Å². The Kier molecular flexibility index (Phi) is 4.88. The second-order valence-electron chi connectivity index (χ2n) is 4.27. The van der Waals surface area contributed by atoms with E-state index in [2.05, 4.69) is 22.4 Å². The molecule has 94 valence electrons. The molecule has 2 rings (SSSR count). The van der Waals surface area contributed by atoms with Gasteiger partial charge in [0.25, 0.3) is 0 Å². The van der Waals surface area contributed by atoms with Crippen LogP contribution in [-0.2, 0) is 13.0 Å². The zero-order valence-electron chi connectivity index (χ0n) is 10.3. The van der Waals surface area contributed by atoms with Crippen molar-refractivity contribution in [2.75, 3.05) is 6.61 Å². The van der Waals surface area contributed by atoms with E-state index < -0.39 is 0 Å². The van der Waals surface area contributed by atoms with Crippen LogP contribution in [0.4, 0.5) is 0 Å². The predicted octanol–water partition coefficient (Wildman–Crippen LogP) is 1.77.